The number of nitrogens with two attached hydrogens (primary N) is 1. The third kappa shape index (κ3) is 2.99. The van der Waals surface area contributed by atoms with E-state index in [1.807, 2.05) is 23.9 Å². The first-order chi connectivity index (χ1) is 8.58. The SMILES string of the molecule is CN(C)C(=O)c1ccc(SC2CCCC2)c(N)c1. The Morgan fingerprint density at radius 1 is 1.33 bits per heavy atom. The van der Waals surface area contributed by atoms with Crippen molar-refractivity contribution in [1.82, 2.24) is 4.90 Å². The van der Waals surface area contributed by atoms with E-state index in [2.05, 4.69) is 0 Å². The van der Waals surface area contributed by atoms with Gasteiger partial charge in [0.1, 0.15) is 0 Å². The van der Waals surface area contributed by atoms with Gasteiger partial charge in [0.25, 0.3) is 5.91 Å². The number of carbonyl (C=O) groups is 1. The number of thioether (sulfide) groups is 1. The van der Waals surface area contributed by atoms with Crippen LogP contribution in [0.4, 0.5) is 5.69 Å². The van der Waals surface area contributed by atoms with Crippen LogP contribution in [0.2, 0.25) is 0 Å². The van der Waals surface area contributed by atoms with Crippen molar-refractivity contribution in [3.8, 4) is 0 Å². The van der Waals surface area contributed by atoms with Gasteiger partial charge in [-0.05, 0) is 31.0 Å². The van der Waals surface area contributed by atoms with Crippen molar-refractivity contribution in [2.24, 2.45) is 0 Å². The van der Waals surface area contributed by atoms with Gasteiger partial charge < -0.3 is 10.6 Å². The molecule has 98 valence electrons. The molecule has 0 spiro atoms. The van der Waals surface area contributed by atoms with E-state index in [1.54, 1.807) is 25.1 Å². The fraction of sp³-hybridized carbons (Fsp3) is 0.500. The number of nitrogens with zero attached hydrogens (tertiary/aromatic N) is 1. The zero-order valence-corrected chi connectivity index (χ0v) is 11.8. The number of hydrogen-bond donors (Lipinski definition) is 1. The molecule has 1 amide bonds. The van der Waals surface area contributed by atoms with Gasteiger partial charge in [0.05, 0.1) is 0 Å². The molecule has 0 aromatic heterocycles. The summed E-state index contributed by atoms with van der Waals surface area (Å²) < 4.78 is 0. The summed E-state index contributed by atoms with van der Waals surface area (Å²) in [5.74, 6) is -0.000818. The van der Waals surface area contributed by atoms with E-state index in [9.17, 15) is 4.79 Å². The molecule has 3 nitrogen and oxygen atoms in total. The highest BCUT2D eigenvalue weighted by Gasteiger charge is 2.18. The Bertz CT molecular complexity index is 439. The molecule has 1 aliphatic rings. The van der Waals surface area contributed by atoms with Gasteiger partial charge in [0.2, 0.25) is 0 Å². The average Bonchev–Trinajstić information content (AvgIpc) is 2.83. The Hall–Kier alpha value is -1.16. The lowest BCUT2D eigenvalue weighted by atomic mass is 10.2. The molecule has 2 N–H and O–H groups in total. The molecule has 1 saturated carbocycles. The van der Waals surface area contributed by atoms with Gasteiger partial charge in [-0.2, -0.15) is 0 Å². The van der Waals surface area contributed by atoms with E-state index in [0.29, 0.717) is 10.8 Å². The van der Waals surface area contributed by atoms with Gasteiger partial charge in [-0.3, -0.25) is 4.79 Å². The summed E-state index contributed by atoms with van der Waals surface area (Å²) in [6, 6.07) is 5.64. The third-order valence-electron chi connectivity index (χ3n) is 3.26. The molecular weight excluding hydrogens is 244 g/mol. The molecule has 0 heterocycles. The van der Waals surface area contributed by atoms with Crippen molar-refractivity contribution < 1.29 is 4.79 Å². The Balaban J connectivity index is 2.11. The summed E-state index contributed by atoms with van der Waals surface area (Å²) in [6.07, 6.45) is 5.22. The van der Waals surface area contributed by atoms with Gasteiger partial charge in [-0.25, -0.2) is 0 Å². The average molecular weight is 264 g/mol. The van der Waals surface area contributed by atoms with Crippen LogP contribution in [0.1, 0.15) is 36.0 Å². The van der Waals surface area contributed by atoms with Crippen molar-refractivity contribution in [1.29, 1.82) is 0 Å². The number of anilines is 1. The van der Waals surface area contributed by atoms with Crippen LogP contribution in [0.5, 0.6) is 0 Å². The van der Waals surface area contributed by atoms with Gasteiger partial charge >= 0.3 is 0 Å². The number of hydrogen-bond acceptors (Lipinski definition) is 3. The standard InChI is InChI=1S/C14H20N2OS/c1-16(2)14(17)10-7-8-13(12(15)9-10)18-11-5-3-4-6-11/h7-9,11H,3-6,15H2,1-2H3. The van der Waals surface area contributed by atoms with Gasteiger partial charge in [0.15, 0.2) is 0 Å². The lowest BCUT2D eigenvalue weighted by molar-refractivity contribution is 0.0827. The molecule has 1 aromatic carbocycles. The number of benzene rings is 1. The van der Waals surface area contributed by atoms with Gasteiger partial charge in [-0.1, -0.05) is 12.8 Å². The van der Waals surface area contributed by atoms with Crippen LogP contribution >= 0.6 is 11.8 Å². The Labute approximate surface area is 113 Å². The predicted octanol–water partition coefficient (Wildman–Crippen LogP) is 3.01. The lowest BCUT2D eigenvalue weighted by Crippen LogP contribution is -2.21. The van der Waals surface area contributed by atoms with Crippen LogP contribution in [0.25, 0.3) is 0 Å². The Kier molecular flexibility index (Phi) is 4.17. The highest BCUT2D eigenvalue weighted by Crippen LogP contribution is 2.37. The maximum absolute atomic E-state index is 11.8. The molecular formula is C14H20N2OS. The first-order valence-electron chi connectivity index (χ1n) is 6.36. The number of carbonyl (C=O) groups excluding carboxylic acids is 1. The summed E-state index contributed by atoms with van der Waals surface area (Å²) in [7, 11) is 3.50. The molecule has 2 rings (SSSR count). The smallest absolute Gasteiger partial charge is 0.253 e. The molecule has 18 heavy (non-hydrogen) atoms. The van der Waals surface area contributed by atoms with E-state index in [0.717, 1.165) is 10.6 Å². The fourth-order valence-corrected chi connectivity index (χ4v) is 3.50. The minimum atomic E-state index is -0.000818. The van der Waals surface area contributed by atoms with Crippen LogP contribution in [0.3, 0.4) is 0 Å². The van der Waals surface area contributed by atoms with Crippen LogP contribution in [-0.4, -0.2) is 30.2 Å². The van der Waals surface area contributed by atoms with Crippen LogP contribution in [-0.2, 0) is 0 Å². The largest absolute Gasteiger partial charge is 0.398 e. The topological polar surface area (TPSA) is 46.3 Å². The first-order valence-corrected chi connectivity index (χ1v) is 7.23. The summed E-state index contributed by atoms with van der Waals surface area (Å²) in [5.41, 5.74) is 7.43. The second kappa shape index (κ2) is 5.65. The number of rotatable bonds is 3. The Morgan fingerprint density at radius 2 is 2.00 bits per heavy atom. The number of nitrogen functional groups attached to an aromatic ring is 1. The summed E-state index contributed by atoms with van der Waals surface area (Å²) in [4.78, 5) is 14.5. The van der Waals surface area contributed by atoms with E-state index >= 15 is 0 Å². The molecule has 0 radical (unpaired) electrons. The van der Waals surface area contributed by atoms with Crippen LogP contribution in [0.15, 0.2) is 23.1 Å². The van der Waals surface area contributed by atoms with Crippen LogP contribution in [0, 0.1) is 0 Å². The van der Waals surface area contributed by atoms with Gasteiger partial charge in [0, 0.05) is 35.5 Å². The van der Waals surface area contributed by atoms with E-state index in [1.165, 1.54) is 25.7 Å². The normalized spacial score (nSPS) is 15.9. The van der Waals surface area contributed by atoms with Crippen molar-refractivity contribution in [2.75, 3.05) is 19.8 Å². The summed E-state index contributed by atoms with van der Waals surface area (Å²) >= 11 is 1.86. The van der Waals surface area contributed by atoms with E-state index in [-0.39, 0.29) is 5.91 Å². The van der Waals surface area contributed by atoms with E-state index in [4.69, 9.17) is 5.73 Å². The van der Waals surface area contributed by atoms with Crippen LogP contribution < -0.4 is 5.73 Å². The molecule has 0 aliphatic heterocycles. The van der Waals surface area contributed by atoms with Gasteiger partial charge in [-0.15, -0.1) is 11.8 Å². The lowest BCUT2D eigenvalue weighted by Gasteiger charge is -2.14. The maximum atomic E-state index is 11.8. The van der Waals surface area contributed by atoms with Crippen molar-refractivity contribution in [3.63, 3.8) is 0 Å². The van der Waals surface area contributed by atoms with Crippen molar-refractivity contribution in [2.45, 2.75) is 35.8 Å². The molecule has 0 atom stereocenters. The quantitative estimate of drug-likeness (QED) is 0.854. The van der Waals surface area contributed by atoms with Crippen molar-refractivity contribution in [3.05, 3.63) is 23.8 Å². The minimum Gasteiger partial charge on any atom is -0.398 e. The molecule has 1 fully saturated rings. The Morgan fingerprint density at radius 3 is 2.56 bits per heavy atom. The molecule has 1 aromatic rings. The molecule has 4 heteroatoms. The molecule has 1 aliphatic carbocycles. The zero-order chi connectivity index (χ0) is 13.1. The summed E-state index contributed by atoms with van der Waals surface area (Å²) in [5, 5.41) is 0.697. The minimum absolute atomic E-state index is 0.000818. The third-order valence-corrected chi connectivity index (χ3v) is 4.69. The highest BCUT2D eigenvalue weighted by atomic mass is 32.2. The highest BCUT2D eigenvalue weighted by molar-refractivity contribution is 8.00. The predicted molar refractivity (Wildman–Crippen MR) is 77.0 cm³/mol. The second-order valence-electron chi connectivity index (χ2n) is 4.98. The first kappa shape index (κ1) is 13.3. The molecule has 0 saturated heterocycles. The van der Waals surface area contributed by atoms with Crippen molar-refractivity contribution >= 4 is 23.4 Å². The second-order valence-corrected chi connectivity index (χ2v) is 6.32. The fourth-order valence-electron chi connectivity index (χ4n) is 2.23. The monoisotopic (exact) mass is 264 g/mol. The molecule has 0 unspecified atom stereocenters. The maximum Gasteiger partial charge on any atom is 0.253 e. The van der Waals surface area contributed by atoms with E-state index < -0.39 is 0 Å². The molecule has 0 bridgehead atoms. The number of amides is 1. The summed E-state index contributed by atoms with van der Waals surface area (Å²) in [6.45, 7) is 0. The zero-order valence-electron chi connectivity index (χ0n) is 11.0.